The first-order valence-corrected chi connectivity index (χ1v) is 6.44. The van der Waals surface area contributed by atoms with Gasteiger partial charge in [-0.2, -0.15) is 0 Å². The first-order valence-electron chi connectivity index (χ1n) is 6.44. The molecular weight excluding hydrogens is 184 g/mol. The van der Waals surface area contributed by atoms with Gasteiger partial charge in [0.05, 0.1) is 0 Å². The second kappa shape index (κ2) is 3.91. The highest BCUT2D eigenvalue weighted by molar-refractivity contribution is 5.13. The second-order valence-corrected chi connectivity index (χ2v) is 5.59. The molecule has 0 aromatic carbocycles. The molecule has 1 saturated heterocycles. The fourth-order valence-corrected chi connectivity index (χ4v) is 3.39. The topological polar surface area (TPSA) is 15.3 Å². The van der Waals surface area contributed by atoms with E-state index < -0.39 is 0 Å². The maximum absolute atomic E-state index is 3.87. The molecule has 1 heterocycles. The SMILES string of the molecule is CN1CCC(NC2CC3CC=CC32)CC1. The predicted molar refractivity (Wildman–Crippen MR) is 62.8 cm³/mol. The van der Waals surface area contributed by atoms with Crippen LogP contribution in [0.15, 0.2) is 12.2 Å². The number of piperidine rings is 1. The lowest BCUT2D eigenvalue weighted by molar-refractivity contribution is 0.128. The fourth-order valence-electron chi connectivity index (χ4n) is 3.39. The summed E-state index contributed by atoms with van der Waals surface area (Å²) in [5.74, 6) is 1.87. The lowest BCUT2D eigenvalue weighted by Gasteiger charge is -2.44. The standard InChI is InChI=1S/C13H22N2/c1-15-7-5-11(6-8-15)14-13-9-10-3-2-4-12(10)13/h2,4,10-14H,3,5-9H2,1H3. The molecule has 0 aromatic heterocycles. The Morgan fingerprint density at radius 2 is 2.07 bits per heavy atom. The first kappa shape index (κ1) is 9.86. The molecular formula is C13H22N2. The number of likely N-dealkylation sites (tertiary alicyclic amines) is 1. The van der Waals surface area contributed by atoms with Gasteiger partial charge in [0.2, 0.25) is 0 Å². The average molecular weight is 206 g/mol. The Morgan fingerprint density at radius 1 is 1.27 bits per heavy atom. The molecule has 2 nitrogen and oxygen atoms in total. The third kappa shape index (κ3) is 1.85. The molecule has 15 heavy (non-hydrogen) atoms. The van der Waals surface area contributed by atoms with Crippen LogP contribution in [0.5, 0.6) is 0 Å². The molecule has 2 heteroatoms. The van der Waals surface area contributed by atoms with Crippen molar-refractivity contribution in [3.63, 3.8) is 0 Å². The van der Waals surface area contributed by atoms with Crippen LogP contribution in [0.1, 0.15) is 25.7 Å². The molecule has 0 amide bonds. The van der Waals surface area contributed by atoms with E-state index in [0.29, 0.717) is 0 Å². The zero-order valence-corrected chi connectivity index (χ0v) is 9.65. The lowest BCUT2D eigenvalue weighted by Crippen LogP contribution is -2.54. The van der Waals surface area contributed by atoms with Crippen LogP contribution in [0.2, 0.25) is 0 Å². The highest BCUT2D eigenvalue weighted by Gasteiger charge is 2.41. The minimum atomic E-state index is 0.793. The van der Waals surface area contributed by atoms with E-state index in [9.17, 15) is 0 Å². The van der Waals surface area contributed by atoms with Crippen molar-refractivity contribution in [2.24, 2.45) is 11.8 Å². The Kier molecular flexibility index (Phi) is 2.57. The van der Waals surface area contributed by atoms with Gasteiger partial charge in [-0.25, -0.2) is 0 Å². The van der Waals surface area contributed by atoms with E-state index in [1.54, 1.807) is 0 Å². The van der Waals surface area contributed by atoms with Crippen LogP contribution in [0.4, 0.5) is 0 Å². The maximum Gasteiger partial charge on any atom is 0.0138 e. The Hall–Kier alpha value is -0.340. The molecule has 3 unspecified atom stereocenters. The van der Waals surface area contributed by atoms with E-state index >= 15 is 0 Å². The average Bonchev–Trinajstić information content (AvgIpc) is 2.59. The Labute approximate surface area is 92.7 Å². The summed E-state index contributed by atoms with van der Waals surface area (Å²) in [7, 11) is 2.23. The van der Waals surface area contributed by atoms with Gasteiger partial charge in [0.25, 0.3) is 0 Å². The number of allylic oxidation sites excluding steroid dienone is 1. The van der Waals surface area contributed by atoms with Crippen LogP contribution < -0.4 is 5.32 Å². The van der Waals surface area contributed by atoms with Crippen LogP contribution in [0.3, 0.4) is 0 Å². The summed E-state index contributed by atoms with van der Waals surface area (Å²) >= 11 is 0. The van der Waals surface area contributed by atoms with Gasteiger partial charge in [0.1, 0.15) is 0 Å². The van der Waals surface area contributed by atoms with Crippen molar-refractivity contribution >= 4 is 0 Å². The van der Waals surface area contributed by atoms with E-state index in [4.69, 9.17) is 0 Å². The van der Waals surface area contributed by atoms with Crippen LogP contribution in [-0.4, -0.2) is 37.1 Å². The van der Waals surface area contributed by atoms with Gasteiger partial charge >= 0.3 is 0 Å². The molecule has 1 saturated carbocycles. The molecule has 0 bridgehead atoms. The molecule has 1 N–H and O–H groups in total. The summed E-state index contributed by atoms with van der Waals surface area (Å²) in [6.45, 7) is 2.54. The molecule has 3 aliphatic rings. The van der Waals surface area contributed by atoms with Crippen molar-refractivity contribution in [1.82, 2.24) is 10.2 Å². The van der Waals surface area contributed by atoms with Gasteiger partial charge in [-0.05, 0) is 57.7 Å². The zero-order valence-electron chi connectivity index (χ0n) is 9.65. The van der Waals surface area contributed by atoms with Crippen LogP contribution >= 0.6 is 0 Å². The van der Waals surface area contributed by atoms with Crippen molar-refractivity contribution in [3.05, 3.63) is 12.2 Å². The molecule has 3 atom stereocenters. The fraction of sp³-hybridized carbons (Fsp3) is 0.846. The third-order valence-corrected chi connectivity index (χ3v) is 4.53. The van der Waals surface area contributed by atoms with Crippen LogP contribution in [-0.2, 0) is 0 Å². The molecule has 84 valence electrons. The highest BCUT2D eigenvalue weighted by atomic mass is 15.1. The minimum Gasteiger partial charge on any atom is -0.311 e. The van der Waals surface area contributed by atoms with E-state index in [2.05, 4.69) is 29.4 Å². The number of nitrogens with zero attached hydrogens (tertiary/aromatic N) is 1. The normalized spacial score (nSPS) is 41.5. The third-order valence-electron chi connectivity index (χ3n) is 4.53. The van der Waals surface area contributed by atoms with Crippen molar-refractivity contribution in [1.29, 1.82) is 0 Å². The maximum atomic E-state index is 3.87. The van der Waals surface area contributed by atoms with Crippen molar-refractivity contribution < 1.29 is 0 Å². The van der Waals surface area contributed by atoms with Crippen molar-refractivity contribution in [2.45, 2.75) is 37.8 Å². The van der Waals surface area contributed by atoms with Gasteiger partial charge in [-0.3, -0.25) is 0 Å². The van der Waals surface area contributed by atoms with E-state index in [1.165, 1.54) is 38.8 Å². The molecule has 2 aliphatic carbocycles. The largest absolute Gasteiger partial charge is 0.311 e. The Morgan fingerprint density at radius 3 is 2.80 bits per heavy atom. The number of nitrogens with one attached hydrogen (secondary N) is 1. The minimum absolute atomic E-state index is 0.793. The Balaban J connectivity index is 1.48. The van der Waals surface area contributed by atoms with E-state index in [0.717, 1.165) is 23.9 Å². The van der Waals surface area contributed by atoms with Crippen LogP contribution in [0.25, 0.3) is 0 Å². The molecule has 2 fully saturated rings. The smallest absolute Gasteiger partial charge is 0.0138 e. The number of rotatable bonds is 2. The highest BCUT2D eigenvalue weighted by Crippen LogP contribution is 2.43. The summed E-state index contributed by atoms with van der Waals surface area (Å²) in [6.07, 6.45) is 10.3. The summed E-state index contributed by atoms with van der Waals surface area (Å²) in [5, 5.41) is 3.87. The summed E-state index contributed by atoms with van der Waals surface area (Å²) in [4.78, 5) is 2.44. The zero-order chi connectivity index (χ0) is 10.3. The molecule has 0 aromatic rings. The second-order valence-electron chi connectivity index (χ2n) is 5.59. The first-order chi connectivity index (χ1) is 7.33. The quantitative estimate of drug-likeness (QED) is 0.691. The van der Waals surface area contributed by atoms with Gasteiger partial charge in [0.15, 0.2) is 0 Å². The van der Waals surface area contributed by atoms with Gasteiger partial charge < -0.3 is 10.2 Å². The number of hydrogen-bond donors (Lipinski definition) is 1. The van der Waals surface area contributed by atoms with Gasteiger partial charge in [0, 0.05) is 12.1 Å². The van der Waals surface area contributed by atoms with Gasteiger partial charge in [-0.1, -0.05) is 12.2 Å². The van der Waals surface area contributed by atoms with E-state index in [-0.39, 0.29) is 0 Å². The van der Waals surface area contributed by atoms with Crippen molar-refractivity contribution in [3.8, 4) is 0 Å². The molecule has 3 rings (SSSR count). The number of fused-ring (bicyclic) bond motifs is 1. The summed E-state index contributed by atoms with van der Waals surface area (Å²) in [5.41, 5.74) is 0. The van der Waals surface area contributed by atoms with Crippen molar-refractivity contribution in [2.75, 3.05) is 20.1 Å². The van der Waals surface area contributed by atoms with Gasteiger partial charge in [-0.15, -0.1) is 0 Å². The molecule has 0 spiro atoms. The Bertz CT molecular complexity index is 253. The lowest BCUT2D eigenvalue weighted by atomic mass is 9.71. The number of hydrogen-bond acceptors (Lipinski definition) is 2. The van der Waals surface area contributed by atoms with Crippen LogP contribution in [0, 0.1) is 11.8 Å². The summed E-state index contributed by atoms with van der Waals surface area (Å²) < 4.78 is 0. The molecule has 0 radical (unpaired) electrons. The monoisotopic (exact) mass is 206 g/mol. The predicted octanol–water partition coefficient (Wildman–Crippen LogP) is 1.63. The molecule has 1 aliphatic heterocycles. The summed E-state index contributed by atoms with van der Waals surface area (Å²) in [6, 6.07) is 1.60. The van der Waals surface area contributed by atoms with E-state index in [1.807, 2.05) is 0 Å².